The van der Waals surface area contributed by atoms with Crippen LogP contribution < -0.4 is 5.73 Å². The fourth-order valence-electron chi connectivity index (χ4n) is 3.52. The van der Waals surface area contributed by atoms with Crippen LogP contribution in [0.2, 0.25) is 0 Å². The molecule has 0 bridgehead atoms. The Morgan fingerprint density at radius 3 is 2.38 bits per heavy atom. The minimum Gasteiger partial charge on any atom is -0.326 e. The quantitative estimate of drug-likeness (QED) is 0.864. The van der Waals surface area contributed by atoms with Gasteiger partial charge in [0.15, 0.2) is 0 Å². The maximum Gasteiger partial charge on any atom is 0.233 e. The molecule has 2 fully saturated rings. The number of amides is 2. The van der Waals surface area contributed by atoms with E-state index >= 15 is 0 Å². The molecule has 1 saturated heterocycles. The first-order valence-corrected chi connectivity index (χ1v) is 7.34. The Balaban J connectivity index is 1.80. The standard InChI is InChI=1S/C16H19FN2O2/c1-9-4-12-13(5-9)16(21)19(15(12)20)8-11-3-2-10(7-18)6-14(11)17/h2-3,6,9,12-13H,4-5,7-8,18H2,1H3. The van der Waals surface area contributed by atoms with E-state index in [-0.39, 0.29) is 36.7 Å². The number of nitrogens with zero attached hydrogens (tertiary/aromatic N) is 1. The van der Waals surface area contributed by atoms with Gasteiger partial charge >= 0.3 is 0 Å². The minimum atomic E-state index is -0.413. The third-order valence-electron chi connectivity index (χ3n) is 4.65. The molecule has 1 aromatic rings. The highest BCUT2D eigenvalue weighted by Crippen LogP contribution is 2.43. The van der Waals surface area contributed by atoms with Crippen LogP contribution in [0.4, 0.5) is 4.39 Å². The molecule has 2 N–H and O–H groups in total. The Labute approximate surface area is 123 Å². The van der Waals surface area contributed by atoms with Gasteiger partial charge in [-0.05, 0) is 30.4 Å². The lowest BCUT2D eigenvalue weighted by atomic mass is 10.00. The second kappa shape index (κ2) is 5.22. The van der Waals surface area contributed by atoms with Crippen molar-refractivity contribution in [2.75, 3.05) is 0 Å². The van der Waals surface area contributed by atoms with Crippen molar-refractivity contribution in [3.63, 3.8) is 0 Å². The number of hydrogen-bond acceptors (Lipinski definition) is 3. The van der Waals surface area contributed by atoms with Crippen molar-refractivity contribution in [3.8, 4) is 0 Å². The molecular weight excluding hydrogens is 271 g/mol. The van der Waals surface area contributed by atoms with E-state index in [1.165, 1.54) is 11.0 Å². The largest absolute Gasteiger partial charge is 0.326 e. The monoisotopic (exact) mass is 290 g/mol. The van der Waals surface area contributed by atoms with E-state index in [2.05, 4.69) is 6.92 Å². The SMILES string of the molecule is CC1CC2C(=O)N(Cc3ccc(CN)cc3F)C(=O)C2C1. The van der Waals surface area contributed by atoms with Crippen LogP contribution in [0.25, 0.3) is 0 Å². The van der Waals surface area contributed by atoms with Gasteiger partial charge in [0.2, 0.25) is 11.8 Å². The first-order valence-electron chi connectivity index (χ1n) is 7.34. The van der Waals surface area contributed by atoms with Crippen LogP contribution in [-0.2, 0) is 22.7 Å². The summed E-state index contributed by atoms with van der Waals surface area (Å²) in [5.41, 5.74) is 6.52. The van der Waals surface area contributed by atoms with Crippen LogP contribution in [0.15, 0.2) is 18.2 Å². The Kier molecular flexibility index (Phi) is 3.53. The highest BCUT2D eigenvalue weighted by atomic mass is 19.1. The number of rotatable bonds is 3. The van der Waals surface area contributed by atoms with Gasteiger partial charge in [0.25, 0.3) is 0 Å². The summed E-state index contributed by atoms with van der Waals surface area (Å²) in [5, 5.41) is 0. The smallest absolute Gasteiger partial charge is 0.233 e. The molecule has 21 heavy (non-hydrogen) atoms. The van der Waals surface area contributed by atoms with E-state index < -0.39 is 5.82 Å². The van der Waals surface area contributed by atoms with Gasteiger partial charge in [-0.3, -0.25) is 14.5 Å². The molecule has 2 amide bonds. The third-order valence-corrected chi connectivity index (χ3v) is 4.65. The number of nitrogens with two attached hydrogens (primary N) is 1. The van der Waals surface area contributed by atoms with Crippen molar-refractivity contribution >= 4 is 11.8 Å². The van der Waals surface area contributed by atoms with Gasteiger partial charge in [0.05, 0.1) is 18.4 Å². The summed E-state index contributed by atoms with van der Waals surface area (Å²) >= 11 is 0. The summed E-state index contributed by atoms with van der Waals surface area (Å²) in [6.45, 7) is 2.35. The number of carbonyl (C=O) groups is 2. The van der Waals surface area contributed by atoms with Crippen molar-refractivity contribution in [1.82, 2.24) is 4.90 Å². The van der Waals surface area contributed by atoms with Gasteiger partial charge in [-0.25, -0.2) is 4.39 Å². The van der Waals surface area contributed by atoms with E-state index in [0.29, 0.717) is 17.0 Å². The van der Waals surface area contributed by atoms with E-state index in [1.807, 2.05) is 0 Å². The second-order valence-electron chi connectivity index (χ2n) is 6.18. The average molecular weight is 290 g/mol. The summed E-state index contributed by atoms with van der Waals surface area (Å²) in [6.07, 6.45) is 1.53. The Morgan fingerprint density at radius 1 is 1.24 bits per heavy atom. The Hall–Kier alpha value is -1.75. The number of benzene rings is 1. The first-order chi connectivity index (χ1) is 10.0. The topological polar surface area (TPSA) is 63.4 Å². The molecule has 4 nitrogen and oxygen atoms in total. The molecule has 3 rings (SSSR count). The Bertz CT molecular complexity index is 578. The first kappa shape index (κ1) is 14.2. The lowest BCUT2D eigenvalue weighted by Gasteiger charge is -2.17. The molecule has 0 aromatic heterocycles. The van der Waals surface area contributed by atoms with Gasteiger partial charge in [0.1, 0.15) is 5.82 Å². The summed E-state index contributed by atoms with van der Waals surface area (Å²) in [6, 6.07) is 4.70. The Morgan fingerprint density at radius 2 is 1.86 bits per heavy atom. The molecule has 2 unspecified atom stereocenters. The average Bonchev–Trinajstić information content (AvgIpc) is 2.94. The van der Waals surface area contributed by atoms with Crippen molar-refractivity contribution in [1.29, 1.82) is 0 Å². The van der Waals surface area contributed by atoms with Crippen LogP contribution in [0.5, 0.6) is 0 Å². The van der Waals surface area contributed by atoms with E-state index in [0.717, 1.165) is 12.8 Å². The summed E-state index contributed by atoms with van der Waals surface area (Å²) < 4.78 is 14.0. The molecule has 1 aliphatic carbocycles. The zero-order valence-corrected chi connectivity index (χ0v) is 12.0. The molecule has 0 radical (unpaired) electrons. The fraction of sp³-hybridized carbons (Fsp3) is 0.500. The number of halogens is 1. The van der Waals surface area contributed by atoms with Crippen molar-refractivity contribution in [2.45, 2.75) is 32.9 Å². The predicted molar refractivity (Wildman–Crippen MR) is 75.2 cm³/mol. The fourth-order valence-corrected chi connectivity index (χ4v) is 3.52. The summed E-state index contributed by atoms with van der Waals surface area (Å²) in [5.74, 6) is -0.675. The molecule has 1 aliphatic heterocycles. The third kappa shape index (κ3) is 2.35. The maximum absolute atomic E-state index is 14.0. The normalized spacial score (nSPS) is 28.3. The molecule has 5 heteroatoms. The molecule has 1 aromatic carbocycles. The molecule has 1 heterocycles. The van der Waals surface area contributed by atoms with Crippen LogP contribution >= 0.6 is 0 Å². The van der Waals surface area contributed by atoms with Gasteiger partial charge in [-0.1, -0.05) is 19.1 Å². The van der Waals surface area contributed by atoms with Crippen LogP contribution in [0, 0.1) is 23.6 Å². The lowest BCUT2D eigenvalue weighted by Crippen LogP contribution is -2.32. The van der Waals surface area contributed by atoms with E-state index in [4.69, 9.17) is 5.73 Å². The molecule has 112 valence electrons. The summed E-state index contributed by atoms with van der Waals surface area (Å²) in [7, 11) is 0. The molecule has 0 spiro atoms. The van der Waals surface area contributed by atoms with Crippen molar-refractivity contribution < 1.29 is 14.0 Å². The molecule has 2 aliphatic rings. The van der Waals surface area contributed by atoms with Gasteiger partial charge in [-0.2, -0.15) is 0 Å². The molecule has 1 saturated carbocycles. The van der Waals surface area contributed by atoms with E-state index in [9.17, 15) is 14.0 Å². The number of likely N-dealkylation sites (tertiary alicyclic amines) is 1. The number of hydrogen-bond donors (Lipinski definition) is 1. The highest BCUT2D eigenvalue weighted by molar-refractivity contribution is 6.05. The number of fused-ring (bicyclic) bond motifs is 1. The number of carbonyl (C=O) groups excluding carboxylic acids is 2. The van der Waals surface area contributed by atoms with Crippen LogP contribution in [0.3, 0.4) is 0 Å². The predicted octanol–water partition coefficient (Wildman–Crippen LogP) is 1.82. The lowest BCUT2D eigenvalue weighted by molar-refractivity contribution is -0.141. The van der Waals surface area contributed by atoms with Gasteiger partial charge < -0.3 is 5.73 Å². The van der Waals surface area contributed by atoms with E-state index in [1.54, 1.807) is 12.1 Å². The highest BCUT2D eigenvalue weighted by Gasteiger charge is 2.51. The zero-order valence-electron chi connectivity index (χ0n) is 12.0. The van der Waals surface area contributed by atoms with Crippen molar-refractivity contribution in [2.24, 2.45) is 23.5 Å². The number of imide groups is 1. The van der Waals surface area contributed by atoms with Gasteiger partial charge in [-0.15, -0.1) is 0 Å². The molecule has 2 atom stereocenters. The summed E-state index contributed by atoms with van der Waals surface area (Å²) in [4.78, 5) is 25.9. The molecular formula is C16H19FN2O2. The second-order valence-corrected chi connectivity index (χ2v) is 6.18. The van der Waals surface area contributed by atoms with Crippen LogP contribution in [-0.4, -0.2) is 16.7 Å². The van der Waals surface area contributed by atoms with Gasteiger partial charge in [0, 0.05) is 12.1 Å². The van der Waals surface area contributed by atoms with Crippen LogP contribution in [0.1, 0.15) is 30.9 Å². The van der Waals surface area contributed by atoms with Crippen molar-refractivity contribution in [3.05, 3.63) is 35.1 Å². The minimum absolute atomic E-state index is 0.0235. The zero-order chi connectivity index (χ0) is 15.1. The maximum atomic E-state index is 14.0.